The number of carbonyl (C=O) groups is 1. The maximum absolute atomic E-state index is 11.2. The molecule has 1 aliphatic rings. The first-order valence-corrected chi connectivity index (χ1v) is 5.51. The Hall–Kier alpha value is 0.340. The molecule has 1 fully saturated rings. The van der Waals surface area contributed by atoms with Crippen molar-refractivity contribution in [2.75, 3.05) is 0 Å². The summed E-state index contributed by atoms with van der Waals surface area (Å²) in [6.45, 7) is 0. The third-order valence-electron chi connectivity index (χ3n) is 2.20. The third kappa shape index (κ3) is 3.92. The Morgan fingerprint density at radius 3 is 2.15 bits per heavy atom. The van der Waals surface area contributed by atoms with Gasteiger partial charge in [0.2, 0.25) is 0 Å². The number of carbonyl (C=O) groups excluding carboxylic acids is 1. The molecule has 0 saturated heterocycles. The number of alkyl halides is 3. The smallest absolute Gasteiger partial charge is 0.272 e. The highest BCUT2D eigenvalue weighted by Crippen LogP contribution is 2.27. The average molecular weight is 245 g/mol. The van der Waals surface area contributed by atoms with Crippen LogP contribution in [0.1, 0.15) is 32.1 Å². The van der Waals surface area contributed by atoms with E-state index in [-0.39, 0.29) is 6.04 Å². The number of hydrogen-bond acceptors (Lipinski definition) is 1. The Labute approximate surface area is 92.9 Å². The summed E-state index contributed by atoms with van der Waals surface area (Å²) in [6.07, 6.45) is 5.51. The molecule has 1 saturated carbocycles. The van der Waals surface area contributed by atoms with Crippen molar-refractivity contribution in [1.29, 1.82) is 0 Å². The molecule has 2 nitrogen and oxygen atoms in total. The highest BCUT2D eigenvalue weighted by Gasteiger charge is 2.32. The van der Waals surface area contributed by atoms with Crippen LogP contribution in [0.2, 0.25) is 0 Å². The fourth-order valence-electron chi connectivity index (χ4n) is 1.51. The van der Waals surface area contributed by atoms with E-state index >= 15 is 0 Å². The summed E-state index contributed by atoms with van der Waals surface area (Å²) in [5.74, 6) is -0.510. The molecule has 0 bridgehead atoms. The van der Waals surface area contributed by atoms with Gasteiger partial charge in [0.25, 0.3) is 9.70 Å². The van der Waals surface area contributed by atoms with Gasteiger partial charge in [-0.15, -0.1) is 0 Å². The minimum absolute atomic E-state index is 0.192. The van der Waals surface area contributed by atoms with Gasteiger partial charge in [-0.1, -0.05) is 54.1 Å². The van der Waals surface area contributed by atoms with E-state index in [2.05, 4.69) is 5.32 Å². The van der Waals surface area contributed by atoms with Gasteiger partial charge in [0.1, 0.15) is 0 Å². The molecule has 0 aromatic rings. The Morgan fingerprint density at radius 2 is 1.69 bits per heavy atom. The molecule has 5 heteroatoms. The van der Waals surface area contributed by atoms with Crippen LogP contribution in [0.3, 0.4) is 0 Å². The van der Waals surface area contributed by atoms with Gasteiger partial charge in [-0.2, -0.15) is 0 Å². The summed E-state index contributed by atoms with van der Waals surface area (Å²) >= 11 is 16.3. The Balaban J connectivity index is 2.35. The summed E-state index contributed by atoms with van der Waals surface area (Å²) in [4.78, 5) is 11.2. The average Bonchev–Trinajstić information content (AvgIpc) is 2.04. The van der Waals surface area contributed by atoms with Crippen molar-refractivity contribution in [3.8, 4) is 0 Å². The van der Waals surface area contributed by atoms with Gasteiger partial charge < -0.3 is 5.32 Å². The minimum Gasteiger partial charge on any atom is -0.350 e. The minimum atomic E-state index is -1.82. The molecule has 0 radical (unpaired) electrons. The van der Waals surface area contributed by atoms with E-state index in [1.165, 1.54) is 6.42 Å². The fourth-order valence-corrected chi connectivity index (χ4v) is 1.68. The van der Waals surface area contributed by atoms with E-state index in [1.54, 1.807) is 0 Å². The van der Waals surface area contributed by atoms with Gasteiger partial charge in [-0.3, -0.25) is 4.79 Å². The second kappa shape index (κ2) is 4.72. The van der Waals surface area contributed by atoms with Crippen molar-refractivity contribution < 1.29 is 4.79 Å². The molecule has 1 aliphatic carbocycles. The Bertz CT molecular complexity index is 184. The molecular weight excluding hydrogens is 232 g/mol. The van der Waals surface area contributed by atoms with Crippen LogP contribution in [-0.2, 0) is 4.79 Å². The number of rotatable bonds is 1. The van der Waals surface area contributed by atoms with Crippen molar-refractivity contribution in [1.82, 2.24) is 5.32 Å². The van der Waals surface area contributed by atoms with Gasteiger partial charge in [-0.25, -0.2) is 0 Å². The van der Waals surface area contributed by atoms with E-state index in [4.69, 9.17) is 34.8 Å². The van der Waals surface area contributed by atoms with E-state index in [0.717, 1.165) is 25.7 Å². The second-order valence-electron chi connectivity index (χ2n) is 3.31. The summed E-state index contributed by atoms with van der Waals surface area (Å²) < 4.78 is -1.82. The van der Waals surface area contributed by atoms with Crippen LogP contribution in [0.15, 0.2) is 0 Å². The van der Waals surface area contributed by atoms with Crippen LogP contribution >= 0.6 is 34.8 Å². The largest absolute Gasteiger partial charge is 0.350 e. The molecule has 1 N–H and O–H groups in total. The molecule has 0 unspecified atom stereocenters. The lowest BCUT2D eigenvalue weighted by Gasteiger charge is -2.24. The molecule has 1 amide bonds. The van der Waals surface area contributed by atoms with Crippen molar-refractivity contribution in [2.45, 2.75) is 41.9 Å². The second-order valence-corrected chi connectivity index (χ2v) is 5.59. The van der Waals surface area contributed by atoms with Gasteiger partial charge in [0.15, 0.2) is 0 Å². The molecule has 0 aromatic carbocycles. The first-order valence-electron chi connectivity index (χ1n) is 4.38. The zero-order valence-corrected chi connectivity index (χ0v) is 9.42. The molecule has 13 heavy (non-hydrogen) atoms. The molecule has 1 rings (SSSR count). The molecule has 0 aliphatic heterocycles. The predicted molar refractivity (Wildman–Crippen MR) is 55.3 cm³/mol. The lowest BCUT2D eigenvalue weighted by Crippen LogP contribution is -2.42. The maximum atomic E-state index is 11.2. The molecule has 0 spiro atoms. The van der Waals surface area contributed by atoms with Crippen LogP contribution in [0.5, 0.6) is 0 Å². The van der Waals surface area contributed by atoms with Crippen molar-refractivity contribution in [3.63, 3.8) is 0 Å². The van der Waals surface area contributed by atoms with Gasteiger partial charge in [0.05, 0.1) is 0 Å². The lowest BCUT2D eigenvalue weighted by atomic mass is 9.95. The summed E-state index contributed by atoms with van der Waals surface area (Å²) in [5, 5.41) is 2.72. The fraction of sp³-hybridized carbons (Fsp3) is 0.875. The number of amides is 1. The summed E-state index contributed by atoms with van der Waals surface area (Å²) in [7, 11) is 0. The van der Waals surface area contributed by atoms with Gasteiger partial charge in [-0.05, 0) is 12.8 Å². The van der Waals surface area contributed by atoms with Crippen LogP contribution in [0.25, 0.3) is 0 Å². The lowest BCUT2D eigenvalue weighted by molar-refractivity contribution is -0.121. The summed E-state index contributed by atoms with van der Waals surface area (Å²) in [5.41, 5.74) is 0. The number of nitrogens with one attached hydrogen (secondary N) is 1. The predicted octanol–water partition coefficient (Wildman–Crippen LogP) is 2.81. The Kier molecular flexibility index (Phi) is 4.14. The first-order chi connectivity index (χ1) is 6.00. The number of hydrogen-bond donors (Lipinski definition) is 1. The quantitative estimate of drug-likeness (QED) is 0.706. The van der Waals surface area contributed by atoms with Crippen molar-refractivity contribution >= 4 is 40.7 Å². The highest BCUT2D eigenvalue weighted by molar-refractivity contribution is 6.76. The van der Waals surface area contributed by atoms with Crippen molar-refractivity contribution in [2.24, 2.45) is 0 Å². The molecular formula is C8H12Cl3NO. The SMILES string of the molecule is O=C(NC1CCCCC1)C(Cl)(Cl)Cl. The van der Waals surface area contributed by atoms with Crippen LogP contribution in [-0.4, -0.2) is 15.7 Å². The van der Waals surface area contributed by atoms with Gasteiger partial charge in [0, 0.05) is 6.04 Å². The standard InChI is InChI=1S/C8H12Cl3NO/c9-8(10,11)7(13)12-6-4-2-1-3-5-6/h6H,1-5H2,(H,12,13). The highest BCUT2D eigenvalue weighted by atomic mass is 35.6. The molecule has 0 heterocycles. The topological polar surface area (TPSA) is 29.1 Å². The van der Waals surface area contributed by atoms with E-state index in [1.807, 2.05) is 0 Å². The summed E-state index contributed by atoms with van der Waals surface area (Å²) in [6, 6.07) is 0.192. The van der Waals surface area contributed by atoms with Crippen LogP contribution in [0.4, 0.5) is 0 Å². The molecule has 0 atom stereocenters. The van der Waals surface area contributed by atoms with Crippen LogP contribution < -0.4 is 5.32 Å². The van der Waals surface area contributed by atoms with Crippen LogP contribution in [0, 0.1) is 0 Å². The number of halogens is 3. The van der Waals surface area contributed by atoms with E-state index < -0.39 is 9.70 Å². The Morgan fingerprint density at radius 1 is 1.15 bits per heavy atom. The molecule has 76 valence electrons. The van der Waals surface area contributed by atoms with E-state index in [9.17, 15) is 4.79 Å². The van der Waals surface area contributed by atoms with E-state index in [0.29, 0.717) is 0 Å². The van der Waals surface area contributed by atoms with Gasteiger partial charge >= 0.3 is 0 Å². The first kappa shape index (κ1) is 11.4. The maximum Gasteiger partial charge on any atom is 0.272 e. The third-order valence-corrected chi connectivity index (χ3v) is 2.71. The normalized spacial score (nSPS) is 19.9. The zero-order valence-electron chi connectivity index (χ0n) is 7.16. The monoisotopic (exact) mass is 243 g/mol. The zero-order chi connectivity index (χ0) is 9.90. The molecule has 0 aromatic heterocycles. The van der Waals surface area contributed by atoms with Crippen molar-refractivity contribution in [3.05, 3.63) is 0 Å².